The van der Waals surface area contributed by atoms with E-state index in [2.05, 4.69) is 25.2 Å². The first kappa shape index (κ1) is 20.8. The fourth-order valence-electron chi connectivity index (χ4n) is 3.05. The highest BCUT2D eigenvalue weighted by Gasteiger charge is 2.21. The van der Waals surface area contributed by atoms with Crippen LogP contribution < -0.4 is 14.8 Å². The lowest BCUT2D eigenvalue weighted by Crippen LogP contribution is -2.39. The van der Waals surface area contributed by atoms with E-state index in [1.54, 1.807) is 14.0 Å². The maximum atomic E-state index is 12.8. The Kier molecular flexibility index (Phi) is 7.28. The van der Waals surface area contributed by atoms with Gasteiger partial charge in [-0.2, -0.15) is 0 Å². The van der Waals surface area contributed by atoms with Crippen LogP contribution in [-0.4, -0.2) is 19.1 Å². The van der Waals surface area contributed by atoms with E-state index in [4.69, 9.17) is 9.47 Å². The van der Waals surface area contributed by atoms with Crippen LogP contribution in [-0.2, 0) is 4.79 Å². The van der Waals surface area contributed by atoms with Crippen molar-refractivity contribution in [3.8, 4) is 11.5 Å². The fourth-order valence-corrected chi connectivity index (χ4v) is 3.05. The van der Waals surface area contributed by atoms with E-state index in [1.807, 2.05) is 50.2 Å². The molecule has 0 unspecified atom stereocenters. The first-order valence-corrected chi connectivity index (χ1v) is 9.48. The van der Waals surface area contributed by atoms with E-state index < -0.39 is 6.10 Å². The maximum absolute atomic E-state index is 12.8. The monoisotopic (exact) mass is 369 g/mol. The number of aryl methyl sites for hydroxylation is 2. The number of benzene rings is 2. The molecular weight excluding hydrogens is 338 g/mol. The predicted molar refractivity (Wildman–Crippen MR) is 109 cm³/mol. The van der Waals surface area contributed by atoms with Crippen LogP contribution in [0.1, 0.15) is 49.9 Å². The maximum Gasteiger partial charge on any atom is 0.261 e. The molecule has 4 heteroatoms. The van der Waals surface area contributed by atoms with Crippen molar-refractivity contribution in [2.45, 2.75) is 53.2 Å². The Morgan fingerprint density at radius 2 is 1.70 bits per heavy atom. The lowest BCUT2D eigenvalue weighted by Gasteiger charge is -2.24. The molecule has 0 radical (unpaired) electrons. The molecule has 0 spiro atoms. The number of ether oxygens (including phenoxy) is 2. The van der Waals surface area contributed by atoms with Crippen LogP contribution in [0.5, 0.6) is 11.5 Å². The van der Waals surface area contributed by atoms with Crippen molar-refractivity contribution in [3.63, 3.8) is 0 Å². The number of hydrogen-bond acceptors (Lipinski definition) is 3. The summed E-state index contributed by atoms with van der Waals surface area (Å²) >= 11 is 0. The first-order valence-electron chi connectivity index (χ1n) is 9.48. The number of rotatable bonds is 8. The molecule has 0 aliphatic carbocycles. The number of carbonyl (C=O) groups is 1. The van der Waals surface area contributed by atoms with Crippen molar-refractivity contribution in [2.75, 3.05) is 7.11 Å². The lowest BCUT2D eigenvalue weighted by atomic mass is 9.96. The van der Waals surface area contributed by atoms with Crippen molar-refractivity contribution in [1.29, 1.82) is 0 Å². The SMILES string of the molecule is COc1ccc([C@H](CC(C)C)NC(=O)[C@H](C)Oc2ccc(C)cc2C)cc1. The van der Waals surface area contributed by atoms with Crippen LogP contribution in [0.4, 0.5) is 0 Å². The minimum Gasteiger partial charge on any atom is -0.497 e. The average Bonchev–Trinajstić information content (AvgIpc) is 2.63. The predicted octanol–water partition coefficient (Wildman–Crippen LogP) is 4.98. The topological polar surface area (TPSA) is 47.6 Å². The zero-order chi connectivity index (χ0) is 20.0. The minimum atomic E-state index is -0.570. The number of hydrogen-bond donors (Lipinski definition) is 1. The molecule has 2 aromatic rings. The standard InChI is InChI=1S/C23H31NO3/c1-15(2)13-21(19-8-10-20(26-6)11-9-19)24-23(25)18(5)27-22-12-7-16(3)14-17(22)4/h7-12,14-15,18,21H,13H2,1-6H3,(H,24,25)/t18-,21-/m0/s1. The third-order valence-electron chi connectivity index (χ3n) is 4.55. The van der Waals surface area contributed by atoms with Crippen molar-refractivity contribution in [1.82, 2.24) is 5.32 Å². The molecule has 0 saturated carbocycles. The van der Waals surface area contributed by atoms with E-state index in [1.165, 1.54) is 5.56 Å². The van der Waals surface area contributed by atoms with E-state index in [0.717, 1.165) is 29.0 Å². The normalized spacial score (nSPS) is 13.1. The van der Waals surface area contributed by atoms with Gasteiger partial charge < -0.3 is 14.8 Å². The van der Waals surface area contributed by atoms with E-state index in [-0.39, 0.29) is 11.9 Å². The molecule has 2 rings (SSSR count). The summed E-state index contributed by atoms with van der Waals surface area (Å²) in [6, 6.07) is 13.8. The van der Waals surface area contributed by atoms with Gasteiger partial charge in [-0.15, -0.1) is 0 Å². The number of methoxy groups -OCH3 is 1. The highest BCUT2D eigenvalue weighted by atomic mass is 16.5. The molecule has 0 saturated heterocycles. The van der Waals surface area contributed by atoms with Crippen LogP contribution in [0.3, 0.4) is 0 Å². The quantitative estimate of drug-likeness (QED) is 0.714. The Bertz CT molecular complexity index is 753. The molecule has 1 N–H and O–H groups in total. The van der Waals surface area contributed by atoms with Gasteiger partial charge in [0.1, 0.15) is 11.5 Å². The summed E-state index contributed by atoms with van der Waals surface area (Å²) in [5.74, 6) is 1.89. The van der Waals surface area contributed by atoms with Gasteiger partial charge in [0.05, 0.1) is 13.2 Å². The zero-order valence-electron chi connectivity index (χ0n) is 17.2. The first-order chi connectivity index (χ1) is 12.8. The number of amides is 1. The fraction of sp³-hybridized carbons (Fsp3) is 0.435. The van der Waals surface area contributed by atoms with Crippen LogP contribution in [0.25, 0.3) is 0 Å². The summed E-state index contributed by atoms with van der Waals surface area (Å²) in [7, 11) is 1.65. The summed E-state index contributed by atoms with van der Waals surface area (Å²) in [4.78, 5) is 12.8. The summed E-state index contributed by atoms with van der Waals surface area (Å²) in [6.07, 6.45) is 0.285. The van der Waals surface area contributed by atoms with Crippen molar-refractivity contribution >= 4 is 5.91 Å². The Morgan fingerprint density at radius 1 is 1.04 bits per heavy atom. The minimum absolute atomic E-state index is 0.0615. The smallest absolute Gasteiger partial charge is 0.261 e. The molecule has 0 aromatic heterocycles. The van der Waals surface area contributed by atoms with E-state index >= 15 is 0 Å². The molecule has 0 heterocycles. The highest BCUT2D eigenvalue weighted by Crippen LogP contribution is 2.25. The molecule has 0 fully saturated rings. The van der Waals surface area contributed by atoms with Gasteiger partial charge in [-0.1, -0.05) is 43.7 Å². The van der Waals surface area contributed by atoms with Gasteiger partial charge >= 0.3 is 0 Å². The van der Waals surface area contributed by atoms with Gasteiger partial charge in [0.2, 0.25) is 0 Å². The molecule has 2 aromatic carbocycles. The Morgan fingerprint density at radius 3 is 2.26 bits per heavy atom. The second kappa shape index (κ2) is 9.45. The van der Waals surface area contributed by atoms with Gasteiger partial charge in [-0.3, -0.25) is 4.79 Å². The van der Waals surface area contributed by atoms with Crippen LogP contribution in [0.15, 0.2) is 42.5 Å². The third-order valence-corrected chi connectivity index (χ3v) is 4.55. The lowest BCUT2D eigenvalue weighted by molar-refractivity contribution is -0.128. The van der Waals surface area contributed by atoms with Gasteiger partial charge in [0.25, 0.3) is 5.91 Å². The molecular formula is C23H31NO3. The molecule has 27 heavy (non-hydrogen) atoms. The van der Waals surface area contributed by atoms with Gasteiger partial charge in [0.15, 0.2) is 6.10 Å². The van der Waals surface area contributed by atoms with Gasteiger partial charge in [-0.05, 0) is 62.4 Å². The Labute approximate surface area is 162 Å². The second-order valence-electron chi connectivity index (χ2n) is 7.49. The summed E-state index contributed by atoms with van der Waals surface area (Å²) in [6.45, 7) is 10.1. The van der Waals surface area contributed by atoms with Gasteiger partial charge in [-0.25, -0.2) is 0 Å². The van der Waals surface area contributed by atoms with Crippen LogP contribution in [0.2, 0.25) is 0 Å². The molecule has 0 aliphatic rings. The Hall–Kier alpha value is -2.49. The highest BCUT2D eigenvalue weighted by molar-refractivity contribution is 5.81. The number of nitrogens with one attached hydrogen (secondary N) is 1. The Balaban J connectivity index is 2.09. The van der Waals surface area contributed by atoms with E-state index in [0.29, 0.717) is 5.92 Å². The summed E-state index contributed by atoms with van der Waals surface area (Å²) in [5.41, 5.74) is 3.27. The van der Waals surface area contributed by atoms with E-state index in [9.17, 15) is 4.79 Å². The van der Waals surface area contributed by atoms with Crippen LogP contribution in [0, 0.1) is 19.8 Å². The van der Waals surface area contributed by atoms with Crippen molar-refractivity contribution in [3.05, 3.63) is 59.2 Å². The third kappa shape index (κ3) is 6.02. The summed E-state index contributed by atoms with van der Waals surface area (Å²) < 4.78 is 11.1. The zero-order valence-corrected chi connectivity index (χ0v) is 17.2. The van der Waals surface area contributed by atoms with Gasteiger partial charge in [0, 0.05) is 0 Å². The average molecular weight is 370 g/mol. The number of carbonyl (C=O) groups excluding carboxylic acids is 1. The second-order valence-corrected chi connectivity index (χ2v) is 7.49. The largest absolute Gasteiger partial charge is 0.497 e. The van der Waals surface area contributed by atoms with Crippen molar-refractivity contribution < 1.29 is 14.3 Å². The molecule has 4 nitrogen and oxygen atoms in total. The van der Waals surface area contributed by atoms with Crippen molar-refractivity contribution in [2.24, 2.45) is 5.92 Å². The molecule has 2 atom stereocenters. The molecule has 0 bridgehead atoms. The van der Waals surface area contributed by atoms with Crippen LogP contribution >= 0.6 is 0 Å². The molecule has 0 aliphatic heterocycles. The summed E-state index contributed by atoms with van der Waals surface area (Å²) in [5, 5.41) is 3.15. The molecule has 146 valence electrons. The molecule has 1 amide bonds.